The van der Waals surface area contributed by atoms with Crippen LogP contribution in [0.15, 0.2) is 16.8 Å². The highest BCUT2D eigenvalue weighted by Crippen LogP contribution is 2.19. The van der Waals surface area contributed by atoms with Gasteiger partial charge >= 0.3 is 0 Å². The average Bonchev–Trinajstić information content (AvgIpc) is 2.82. The molecule has 1 aromatic rings. The molecule has 1 aromatic heterocycles. The lowest BCUT2D eigenvalue weighted by Crippen LogP contribution is -2.61. The van der Waals surface area contributed by atoms with Crippen molar-refractivity contribution in [2.45, 2.75) is 51.6 Å². The summed E-state index contributed by atoms with van der Waals surface area (Å²) in [6.07, 6.45) is 3.79. The molecule has 1 unspecified atom stereocenters. The van der Waals surface area contributed by atoms with Crippen LogP contribution in [0, 0.1) is 0 Å². The van der Waals surface area contributed by atoms with Gasteiger partial charge in [-0.15, -0.1) is 0 Å². The fourth-order valence-electron chi connectivity index (χ4n) is 2.80. The molecule has 3 heteroatoms. The van der Waals surface area contributed by atoms with E-state index in [0.29, 0.717) is 0 Å². The minimum atomic E-state index is 0.263. The van der Waals surface area contributed by atoms with Crippen molar-refractivity contribution < 1.29 is 0 Å². The van der Waals surface area contributed by atoms with E-state index >= 15 is 0 Å². The van der Waals surface area contributed by atoms with Gasteiger partial charge in [0.15, 0.2) is 0 Å². The van der Waals surface area contributed by atoms with Crippen molar-refractivity contribution in [3.8, 4) is 0 Å². The molecule has 1 N–H and O–H groups in total. The lowest BCUT2D eigenvalue weighted by molar-refractivity contribution is 0.0907. The number of rotatable bonds is 5. The quantitative estimate of drug-likeness (QED) is 0.881. The Morgan fingerprint density at radius 3 is 3.00 bits per heavy atom. The highest BCUT2D eigenvalue weighted by atomic mass is 32.1. The predicted octanol–water partition coefficient (Wildman–Crippen LogP) is 3.14. The first-order valence-corrected chi connectivity index (χ1v) is 8.05. The molecule has 0 bridgehead atoms. The first-order chi connectivity index (χ1) is 8.61. The van der Waals surface area contributed by atoms with Crippen molar-refractivity contribution in [3.63, 3.8) is 0 Å². The molecule has 2 heterocycles. The van der Waals surface area contributed by atoms with Gasteiger partial charge in [0.25, 0.3) is 0 Å². The Kier molecular flexibility index (Phi) is 4.82. The minimum Gasteiger partial charge on any atom is -0.309 e. The third-order valence-corrected chi connectivity index (χ3v) is 4.55. The molecule has 1 atom stereocenters. The number of nitrogens with one attached hydrogen (secondary N) is 1. The van der Waals surface area contributed by atoms with Gasteiger partial charge in [-0.2, -0.15) is 11.3 Å². The second-order valence-corrected chi connectivity index (χ2v) is 6.84. The van der Waals surface area contributed by atoms with Gasteiger partial charge < -0.3 is 5.32 Å². The molecule has 1 aliphatic rings. The topological polar surface area (TPSA) is 15.3 Å². The van der Waals surface area contributed by atoms with Gasteiger partial charge in [0, 0.05) is 31.2 Å². The molecule has 1 saturated heterocycles. The molecule has 102 valence electrons. The summed E-state index contributed by atoms with van der Waals surface area (Å²) >= 11 is 1.81. The molecule has 0 spiro atoms. The maximum Gasteiger partial charge on any atom is 0.0252 e. The van der Waals surface area contributed by atoms with Crippen LogP contribution in [0.2, 0.25) is 0 Å². The maximum absolute atomic E-state index is 3.68. The van der Waals surface area contributed by atoms with Gasteiger partial charge in [-0.05, 0) is 49.1 Å². The van der Waals surface area contributed by atoms with E-state index in [0.717, 1.165) is 12.6 Å². The normalized spacial score (nSPS) is 24.3. The number of nitrogens with zero attached hydrogens (tertiary/aromatic N) is 1. The predicted molar refractivity (Wildman–Crippen MR) is 80.4 cm³/mol. The number of thiophene rings is 1. The summed E-state index contributed by atoms with van der Waals surface area (Å²) < 4.78 is 0. The molecule has 2 rings (SSSR count). The number of hydrogen-bond acceptors (Lipinski definition) is 3. The van der Waals surface area contributed by atoms with Crippen molar-refractivity contribution in [3.05, 3.63) is 22.4 Å². The van der Waals surface area contributed by atoms with Crippen LogP contribution < -0.4 is 5.32 Å². The van der Waals surface area contributed by atoms with Crippen molar-refractivity contribution in [1.29, 1.82) is 0 Å². The third-order valence-electron chi connectivity index (χ3n) is 3.82. The monoisotopic (exact) mass is 266 g/mol. The summed E-state index contributed by atoms with van der Waals surface area (Å²) in [4.78, 5) is 2.69. The standard InChI is InChI=1S/C15H26N2S/c1-4-5-14-10-16-15(2,3)12-17(14)8-6-13-7-9-18-11-13/h7,9,11,14,16H,4-6,8,10,12H2,1-3H3. The Morgan fingerprint density at radius 2 is 2.33 bits per heavy atom. The van der Waals surface area contributed by atoms with Gasteiger partial charge in [0.2, 0.25) is 0 Å². The summed E-state index contributed by atoms with van der Waals surface area (Å²) in [7, 11) is 0. The third kappa shape index (κ3) is 3.81. The second-order valence-electron chi connectivity index (χ2n) is 6.06. The summed E-state index contributed by atoms with van der Waals surface area (Å²) in [6, 6.07) is 2.98. The smallest absolute Gasteiger partial charge is 0.0252 e. The fourth-order valence-corrected chi connectivity index (χ4v) is 3.51. The van der Waals surface area contributed by atoms with Gasteiger partial charge in [-0.25, -0.2) is 0 Å². The fraction of sp³-hybridized carbons (Fsp3) is 0.733. The molecule has 2 nitrogen and oxygen atoms in total. The zero-order chi connectivity index (χ0) is 13.0. The minimum absolute atomic E-state index is 0.263. The van der Waals surface area contributed by atoms with E-state index in [2.05, 4.69) is 47.8 Å². The average molecular weight is 266 g/mol. The summed E-state index contributed by atoms with van der Waals surface area (Å²) in [5, 5.41) is 8.14. The SMILES string of the molecule is CCCC1CNC(C)(C)CN1CCc1ccsc1. The van der Waals surface area contributed by atoms with Gasteiger partial charge in [0.1, 0.15) is 0 Å². The van der Waals surface area contributed by atoms with Crippen LogP contribution >= 0.6 is 11.3 Å². The van der Waals surface area contributed by atoms with Crippen LogP contribution in [0.4, 0.5) is 0 Å². The van der Waals surface area contributed by atoms with E-state index in [1.165, 1.54) is 37.9 Å². The molecule has 0 saturated carbocycles. The largest absolute Gasteiger partial charge is 0.309 e. The second kappa shape index (κ2) is 6.18. The Labute approximate surface area is 115 Å². The summed E-state index contributed by atoms with van der Waals surface area (Å²) in [6.45, 7) is 10.4. The van der Waals surface area contributed by atoms with Crippen molar-refractivity contribution in [2.75, 3.05) is 19.6 Å². The van der Waals surface area contributed by atoms with Gasteiger partial charge in [-0.1, -0.05) is 13.3 Å². The zero-order valence-corrected chi connectivity index (χ0v) is 12.7. The van der Waals surface area contributed by atoms with E-state index in [1.54, 1.807) is 11.3 Å². The lowest BCUT2D eigenvalue weighted by Gasteiger charge is -2.44. The van der Waals surface area contributed by atoms with Crippen LogP contribution in [0.1, 0.15) is 39.2 Å². The zero-order valence-electron chi connectivity index (χ0n) is 11.9. The first-order valence-electron chi connectivity index (χ1n) is 7.11. The number of piperazine rings is 1. The van der Waals surface area contributed by atoms with Crippen LogP contribution in [-0.2, 0) is 6.42 Å². The maximum atomic E-state index is 3.68. The molecule has 1 aliphatic heterocycles. The van der Waals surface area contributed by atoms with Gasteiger partial charge in [0.05, 0.1) is 0 Å². The molecule has 0 aliphatic carbocycles. The molecule has 18 heavy (non-hydrogen) atoms. The highest BCUT2D eigenvalue weighted by molar-refractivity contribution is 7.07. The highest BCUT2D eigenvalue weighted by Gasteiger charge is 2.31. The lowest BCUT2D eigenvalue weighted by atomic mass is 9.96. The van der Waals surface area contributed by atoms with Gasteiger partial charge in [-0.3, -0.25) is 4.90 Å². The van der Waals surface area contributed by atoms with Crippen LogP contribution in [-0.4, -0.2) is 36.1 Å². The van der Waals surface area contributed by atoms with E-state index in [4.69, 9.17) is 0 Å². The van der Waals surface area contributed by atoms with Crippen molar-refractivity contribution in [2.24, 2.45) is 0 Å². The Balaban J connectivity index is 1.92. The van der Waals surface area contributed by atoms with E-state index in [1.807, 2.05) is 0 Å². The van der Waals surface area contributed by atoms with E-state index < -0.39 is 0 Å². The Hall–Kier alpha value is -0.380. The molecular weight excluding hydrogens is 240 g/mol. The first kappa shape index (κ1) is 14.0. The molecule has 1 fully saturated rings. The van der Waals surface area contributed by atoms with Crippen LogP contribution in [0.3, 0.4) is 0 Å². The van der Waals surface area contributed by atoms with E-state index in [-0.39, 0.29) is 5.54 Å². The van der Waals surface area contributed by atoms with Crippen LogP contribution in [0.25, 0.3) is 0 Å². The van der Waals surface area contributed by atoms with Crippen molar-refractivity contribution in [1.82, 2.24) is 10.2 Å². The molecule has 0 amide bonds. The number of hydrogen-bond donors (Lipinski definition) is 1. The molecule has 0 radical (unpaired) electrons. The molecular formula is C15H26N2S. The van der Waals surface area contributed by atoms with Crippen LogP contribution in [0.5, 0.6) is 0 Å². The summed E-state index contributed by atoms with van der Waals surface area (Å²) in [5.41, 5.74) is 1.75. The van der Waals surface area contributed by atoms with Crippen molar-refractivity contribution >= 4 is 11.3 Å². The Bertz CT molecular complexity index is 345. The summed E-state index contributed by atoms with van der Waals surface area (Å²) in [5.74, 6) is 0. The molecule has 0 aromatic carbocycles. The van der Waals surface area contributed by atoms with E-state index in [9.17, 15) is 0 Å². The Morgan fingerprint density at radius 1 is 1.50 bits per heavy atom.